The maximum atomic E-state index is 13.6. The third-order valence-corrected chi connectivity index (χ3v) is 4.09. The van der Waals surface area contributed by atoms with Crippen LogP contribution < -0.4 is 0 Å². The zero-order valence-electron chi connectivity index (χ0n) is 11.6. The minimum absolute atomic E-state index is 0.312. The van der Waals surface area contributed by atoms with E-state index >= 15 is 0 Å². The molecule has 126 valence electrons. The van der Waals surface area contributed by atoms with Gasteiger partial charge in [0.25, 0.3) is 0 Å². The van der Waals surface area contributed by atoms with E-state index in [1.807, 2.05) is 6.92 Å². The van der Waals surface area contributed by atoms with Crippen molar-refractivity contribution in [3.05, 3.63) is 0 Å². The van der Waals surface area contributed by atoms with E-state index in [0.717, 1.165) is 12.8 Å². The number of ether oxygens (including phenoxy) is 1. The Balaban J connectivity index is 5.04. The van der Waals surface area contributed by atoms with Crippen LogP contribution in [-0.2, 0) is 19.6 Å². The molecule has 0 heterocycles. The second-order valence-electron chi connectivity index (χ2n) is 4.58. The smallest absolute Gasteiger partial charge is 0.451 e. The third-order valence-electron chi connectivity index (χ3n) is 2.98. The Bertz CT molecular complexity index is 448. The van der Waals surface area contributed by atoms with E-state index in [9.17, 15) is 30.8 Å². The lowest BCUT2D eigenvalue weighted by Crippen LogP contribution is -2.55. The number of esters is 1. The first-order chi connectivity index (χ1) is 9.41. The van der Waals surface area contributed by atoms with Crippen LogP contribution in [0.1, 0.15) is 39.5 Å². The lowest BCUT2D eigenvalue weighted by molar-refractivity contribution is -0.215. The number of rotatable bonds is 8. The van der Waals surface area contributed by atoms with E-state index in [1.165, 1.54) is 0 Å². The molecule has 0 aliphatic heterocycles. The van der Waals surface area contributed by atoms with Crippen LogP contribution in [0.4, 0.5) is 17.6 Å². The fourth-order valence-electron chi connectivity index (χ4n) is 1.55. The number of hydrogen-bond donors (Lipinski definition) is 1. The predicted molar refractivity (Wildman–Crippen MR) is 65.7 cm³/mol. The zero-order chi connectivity index (χ0) is 16.9. The highest BCUT2D eigenvalue weighted by molar-refractivity contribution is 7.88. The highest BCUT2D eigenvalue weighted by Crippen LogP contribution is 2.39. The van der Waals surface area contributed by atoms with Gasteiger partial charge in [0.05, 0.1) is 6.61 Å². The second kappa shape index (κ2) is 7.39. The molecule has 10 heteroatoms. The fraction of sp³-hybridized carbons (Fsp3) is 0.909. The summed E-state index contributed by atoms with van der Waals surface area (Å²) in [5.41, 5.74) is 0. The van der Waals surface area contributed by atoms with Crippen LogP contribution >= 0.6 is 0 Å². The van der Waals surface area contributed by atoms with Crippen molar-refractivity contribution >= 4 is 16.1 Å². The molecule has 0 rings (SSSR count). The van der Waals surface area contributed by atoms with E-state index in [2.05, 4.69) is 4.74 Å². The Morgan fingerprint density at radius 1 is 1.24 bits per heavy atom. The van der Waals surface area contributed by atoms with Crippen molar-refractivity contribution in [3.63, 3.8) is 0 Å². The van der Waals surface area contributed by atoms with Gasteiger partial charge in [0.2, 0.25) is 0 Å². The van der Waals surface area contributed by atoms with Gasteiger partial charge >= 0.3 is 27.3 Å². The molecular weight excluding hydrogens is 320 g/mol. The molecule has 0 radical (unpaired) electrons. The summed E-state index contributed by atoms with van der Waals surface area (Å²) in [6, 6.07) is 0. The summed E-state index contributed by atoms with van der Waals surface area (Å²) >= 11 is 0. The Labute approximate surface area is 120 Å². The summed E-state index contributed by atoms with van der Waals surface area (Å²) in [6.07, 6.45) is -3.59. The lowest BCUT2D eigenvalue weighted by Gasteiger charge is -2.24. The first-order valence-corrected chi connectivity index (χ1v) is 7.75. The Morgan fingerprint density at radius 2 is 1.76 bits per heavy atom. The summed E-state index contributed by atoms with van der Waals surface area (Å²) in [7, 11) is -6.36. The van der Waals surface area contributed by atoms with Gasteiger partial charge in [-0.15, -0.1) is 0 Å². The number of carbonyl (C=O) groups excluding carboxylic acids is 1. The maximum absolute atomic E-state index is 13.6. The normalized spacial score (nSPS) is 17.1. The summed E-state index contributed by atoms with van der Waals surface area (Å²) in [5, 5.41) is -5.47. The highest BCUT2D eigenvalue weighted by atomic mass is 32.2. The van der Waals surface area contributed by atoms with Crippen LogP contribution in [-0.4, -0.2) is 36.7 Å². The van der Waals surface area contributed by atoms with Gasteiger partial charge in [0.15, 0.2) is 0 Å². The third kappa shape index (κ3) is 4.80. The molecule has 0 aromatic rings. The molecule has 2 unspecified atom stereocenters. The molecule has 0 amide bonds. The molecular formula is C11H18F4O5S. The first kappa shape index (κ1) is 20.1. The van der Waals surface area contributed by atoms with Crippen LogP contribution in [0.25, 0.3) is 0 Å². The van der Waals surface area contributed by atoms with Crippen LogP contribution in [0.5, 0.6) is 0 Å². The van der Waals surface area contributed by atoms with Crippen molar-refractivity contribution in [2.45, 2.75) is 50.7 Å². The summed E-state index contributed by atoms with van der Waals surface area (Å²) in [5.74, 6) is -2.99. The molecule has 0 aromatic carbocycles. The van der Waals surface area contributed by atoms with Gasteiger partial charge in [0, 0.05) is 0 Å². The minimum atomic E-state index is -6.36. The largest absolute Gasteiger partial charge is 0.462 e. The average molecular weight is 338 g/mol. The standard InChI is InChI=1S/C11H18F4O5S/c1-3-5-6-8(4-2)7-20-9(16)10(12,11(13,14)15)21(17,18)19/h8H,3-7H2,1-2H3,(H,17,18,19). The van der Waals surface area contributed by atoms with E-state index in [4.69, 9.17) is 4.55 Å². The molecule has 0 bridgehead atoms. The van der Waals surface area contributed by atoms with Gasteiger partial charge in [-0.05, 0) is 12.3 Å². The number of alkyl halides is 4. The van der Waals surface area contributed by atoms with Gasteiger partial charge in [-0.3, -0.25) is 4.55 Å². The van der Waals surface area contributed by atoms with Crippen molar-refractivity contribution in [2.75, 3.05) is 6.61 Å². The van der Waals surface area contributed by atoms with E-state index < -0.39 is 33.9 Å². The molecule has 0 saturated carbocycles. The SMILES string of the molecule is CCCCC(CC)COC(=O)C(F)(C(F)(F)F)S(=O)(=O)O. The summed E-state index contributed by atoms with van der Waals surface area (Å²) < 4.78 is 84.6. The number of unbranched alkanes of at least 4 members (excludes halogenated alkanes) is 1. The van der Waals surface area contributed by atoms with Crippen LogP contribution in [0.2, 0.25) is 0 Å². The lowest BCUT2D eigenvalue weighted by atomic mass is 10.0. The maximum Gasteiger partial charge on any atom is 0.451 e. The quantitative estimate of drug-likeness (QED) is 0.418. The van der Waals surface area contributed by atoms with Crippen LogP contribution in [0.3, 0.4) is 0 Å². The molecule has 1 N–H and O–H groups in total. The van der Waals surface area contributed by atoms with E-state index in [1.54, 1.807) is 6.92 Å². The van der Waals surface area contributed by atoms with Gasteiger partial charge in [-0.2, -0.15) is 21.6 Å². The topological polar surface area (TPSA) is 80.7 Å². The predicted octanol–water partition coefficient (Wildman–Crippen LogP) is 2.86. The number of carbonyl (C=O) groups is 1. The molecule has 0 saturated heterocycles. The zero-order valence-corrected chi connectivity index (χ0v) is 12.4. The van der Waals surface area contributed by atoms with Crippen LogP contribution in [0, 0.1) is 5.92 Å². The number of halogens is 4. The first-order valence-electron chi connectivity index (χ1n) is 6.31. The Morgan fingerprint density at radius 3 is 2.10 bits per heavy atom. The summed E-state index contributed by atoms with van der Waals surface area (Å²) in [4.78, 5) is 11.2. The molecule has 0 fully saturated rings. The molecule has 5 nitrogen and oxygen atoms in total. The van der Waals surface area contributed by atoms with Crippen LogP contribution in [0.15, 0.2) is 0 Å². The minimum Gasteiger partial charge on any atom is -0.462 e. The van der Waals surface area contributed by atoms with E-state index in [-0.39, 0.29) is 5.92 Å². The number of hydrogen-bond acceptors (Lipinski definition) is 4. The molecule has 0 aromatic heterocycles. The monoisotopic (exact) mass is 338 g/mol. The highest BCUT2D eigenvalue weighted by Gasteiger charge is 2.72. The van der Waals surface area contributed by atoms with E-state index in [0.29, 0.717) is 12.8 Å². The van der Waals surface area contributed by atoms with Crippen molar-refractivity contribution < 1.29 is 40.1 Å². The molecule has 0 aliphatic rings. The molecule has 0 spiro atoms. The Kier molecular flexibility index (Phi) is 7.07. The van der Waals surface area contributed by atoms with Gasteiger partial charge in [-0.1, -0.05) is 33.1 Å². The summed E-state index contributed by atoms with van der Waals surface area (Å²) in [6.45, 7) is 3.03. The fourth-order valence-corrected chi connectivity index (χ4v) is 2.11. The van der Waals surface area contributed by atoms with Crippen molar-refractivity contribution in [1.82, 2.24) is 0 Å². The molecule has 2 atom stereocenters. The second-order valence-corrected chi connectivity index (χ2v) is 6.10. The molecule has 0 aliphatic carbocycles. The average Bonchev–Trinajstić information content (AvgIpc) is 2.34. The molecule has 21 heavy (non-hydrogen) atoms. The van der Waals surface area contributed by atoms with Gasteiger partial charge in [0.1, 0.15) is 0 Å². The Hall–Kier alpha value is -0.900. The van der Waals surface area contributed by atoms with Crippen molar-refractivity contribution in [2.24, 2.45) is 5.92 Å². The van der Waals surface area contributed by atoms with Gasteiger partial charge in [-0.25, -0.2) is 9.18 Å². The van der Waals surface area contributed by atoms with Crippen molar-refractivity contribution in [3.8, 4) is 0 Å². The van der Waals surface area contributed by atoms with Crippen molar-refractivity contribution in [1.29, 1.82) is 0 Å². The van der Waals surface area contributed by atoms with Gasteiger partial charge < -0.3 is 4.74 Å².